The molecule has 0 aromatic heterocycles. The van der Waals surface area contributed by atoms with Gasteiger partial charge in [0.25, 0.3) is 0 Å². The molecule has 0 spiro atoms. The summed E-state index contributed by atoms with van der Waals surface area (Å²) < 4.78 is 0. The highest BCUT2D eigenvalue weighted by Crippen LogP contribution is 2.39. The maximum Gasteiger partial charge on any atom is 0.0406 e. The summed E-state index contributed by atoms with van der Waals surface area (Å²) >= 11 is 5.87. The largest absolute Gasteiger partial charge is 0.309 e. The molecule has 15 heavy (non-hydrogen) atoms. The van der Waals surface area contributed by atoms with Crippen molar-refractivity contribution in [3.05, 3.63) is 34.9 Å². The van der Waals surface area contributed by atoms with Gasteiger partial charge in [-0.05, 0) is 37.0 Å². The predicted molar refractivity (Wildman–Crippen MR) is 65.4 cm³/mol. The van der Waals surface area contributed by atoms with Crippen LogP contribution in [0.15, 0.2) is 24.3 Å². The zero-order valence-corrected chi connectivity index (χ0v) is 10.1. The molecule has 82 valence electrons. The van der Waals surface area contributed by atoms with Crippen LogP contribution in [0.4, 0.5) is 0 Å². The van der Waals surface area contributed by atoms with Crippen molar-refractivity contribution in [1.29, 1.82) is 0 Å². The smallest absolute Gasteiger partial charge is 0.0406 e. The Morgan fingerprint density at radius 3 is 2.33 bits per heavy atom. The van der Waals surface area contributed by atoms with Crippen molar-refractivity contribution in [1.82, 2.24) is 5.32 Å². The van der Waals surface area contributed by atoms with Gasteiger partial charge in [-0.1, -0.05) is 37.6 Å². The van der Waals surface area contributed by atoms with E-state index in [0.29, 0.717) is 11.6 Å². The summed E-state index contributed by atoms with van der Waals surface area (Å²) in [6.45, 7) is 4.42. The normalized spacial score (nSPS) is 18.1. The first kappa shape index (κ1) is 11.0. The summed E-state index contributed by atoms with van der Waals surface area (Å²) in [6, 6.07) is 8.78. The Morgan fingerprint density at radius 1 is 1.27 bits per heavy atom. The van der Waals surface area contributed by atoms with Crippen molar-refractivity contribution in [3.63, 3.8) is 0 Å². The number of benzene rings is 1. The van der Waals surface area contributed by atoms with Crippen LogP contribution in [0.2, 0.25) is 5.02 Å². The van der Waals surface area contributed by atoms with Crippen LogP contribution in [-0.4, -0.2) is 11.6 Å². The van der Waals surface area contributed by atoms with E-state index in [1.54, 1.807) is 0 Å². The Morgan fingerprint density at radius 2 is 1.87 bits per heavy atom. The minimum absolute atomic E-state index is 0.377. The second-order valence-electron chi connectivity index (χ2n) is 4.88. The molecular formula is C13H18ClN. The molecule has 1 nitrogen and oxygen atoms in total. The van der Waals surface area contributed by atoms with Crippen LogP contribution in [-0.2, 0) is 6.42 Å². The number of halogens is 1. The monoisotopic (exact) mass is 223 g/mol. The molecule has 1 saturated carbocycles. The standard InChI is InChI=1S/C13H18ClN/c1-10(2)15-13(7-8-13)9-11-3-5-12(14)6-4-11/h3-6,10,15H,7-9H2,1-2H3. The second-order valence-corrected chi connectivity index (χ2v) is 5.32. The second kappa shape index (κ2) is 4.15. The van der Waals surface area contributed by atoms with Crippen LogP contribution in [0.5, 0.6) is 0 Å². The van der Waals surface area contributed by atoms with Gasteiger partial charge in [0.05, 0.1) is 0 Å². The van der Waals surface area contributed by atoms with E-state index in [1.807, 2.05) is 12.1 Å². The van der Waals surface area contributed by atoms with Gasteiger partial charge in [0.2, 0.25) is 0 Å². The van der Waals surface area contributed by atoms with Crippen LogP contribution in [0.3, 0.4) is 0 Å². The van der Waals surface area contributed by atoms with Crippen LogP contribution in [0.1, 0.15) is 32.3 Å². The molecule has 0 aliphatic heterocycles. The van der Waals surface area contributed by atoms with Gasteiger partial charge in [-0.15, -0.1) is 0 Å². The van der Waals surface area contributed by atoms with Crippen molar-refractivity contribution >= 4 is 11.6 Å². The first-order chi connectivity index (χ1) is 7.10. The Hall–Kier alpha value is -0.530. The highest BCUT2D eigenvalue weighted by atomic mass is 35.5. The van der Waals surface area contributed by atoms with E-state index in [2.05, 4.69) is 31.3 Å². The van der Waals surface area contributed by atoms with E-state index >= 15 is 0 Å². The molecule has 1 aromatic rings. The number of nitrogens with one attached hydrogen (secondary N) is 1. The third-order valence-corrected chi connectivity index (χ3v) is 3.16. The van der Waals surface area contributed by atoms with E-state index in [4.69, 9.17) is 11.6 Å². The third-order valence-electron chi connectivity index (χ3n) is 2.90. The molecule has 0 radical (unpaired) electrons. The molecule has 0 bridgehead atoms. The molecule has 0 heterocycles. The van der Waals surface area contributed by atoms with Crippen LogP contribution < -0.4 is 5.32 Å². The van der Waals surface area contributed by atoms with Gasteiger partial charge in [-0.3, -0.25) is 0 Å². The number of rotatable bonds is 4. The van der Waals surface area contributed by atoms with Gasteiger partial charge in [0.1, 0.15) is 0 Å². The molecule has 1 aromatic carbocycles. The van der Waals surface area contributed by atoms with Gasteiger partial charge < -0.3 is 5.32 Å². The molecule has 0 unspecified atom stereocenters. The molecular weight excluding hydrogens is 206 g/mol. The maximum absolute atomic E-state index is 5.87. The lowest BCUT2D eigenvalue weighted by atomic mass is 10.0. The molecule has 1 aliphatic carbocycles. The van der Waals surface area contributed by atoms with E-state index in [0.717, 1.165) is 11.4 Å². The van der Waals surface area contributed by atoms with Crippen molar-refractivity contribution in [2.75, 3.05) is 0 Å². The maximum atomic E-state index is 5.87. The quantitative estimate of drug-likeness (QED) is 0.825. The number of hydrogen-bond donors (Lipinski definition) is 1. The van der Waals surface area contributed by atoms with E-state index in [9.17, 15) is 0 Å². The van der Waals surface area contributed by atoms with Crippen molar-refractivity contribution in [3.8, 4) is 0 Å². The van der Waals surface area contributed by atoms with E-state index in [1.165, 1.54) is 18.4 Å². The summed E-state index contributed by atoms with van der Waals surface area (Å²) in [5, 5.41) is 4.48. The lowest BCUT2D eigenvalue weighted by Crippen LogP contribution is -2.38. The van der Waals surface area contributed by atoms with Crippen molar-refractivity contribution < 1.29 is 0 Å². The van der Waals surface area contributed by atoms with Crippen LogP contribution in [0, 0.1) is 0 Å². The fraction of sp³-hybridized carbons (Fsp3) is 0.538. The number of hydrogen-bond acceptors (Lipinski definition) is 1. The van der Waals surface area contributed by atoms with Gasteiger partial charge in [0, 0.05) is 16.6 Å². The van der Waals surface area contributed by atoms with Gasteiger partial charge in [0.15, 0.2) is 0 Å². The first-order valence-electron chi connectivity index (χ1n) is 5.62. The Bertz CT molecular complexity index is 325. The Labute approximate surface area is 96.8 Å². The molecule has 0 amide bonds. The summed E-state index contributed by atoms with van der Waals surface area (Å²) in [5.74, 6) is 0. The molecule has 0 saturated heterocycles. The molecule has 1 aliphatic rings. The van der Waals surface area contributed by atoms with Gasteiger partial charge >= 0.3 is 0 Å². The zero-order chi connectivity index (χ0) is 10.9. The van der Waals surface area contributed by atoms with Crippen LogP contribution in [0.25, 0.3) is 0 Å². The van der Waals surface area contributed by atoms with Crippen molar-refractivity contribution in [2.24, 2.45) is 0 Å². The molecule has 2 rings (SSSR count). The summed E-state index contributed by atoms with van der Waals surface area (Å²) in [5.41, 5.74) is 1.76. The van der Waals surface area contributed by atoms with Crippen LogP contribution >= 0.6 is 11.6 Å². The van der Waals surface area contributed by atoms with Gasteiger partial charge in [-0.25, -0.2) is 0 Å². The molecule has 1 N–H and O–H groups in total. The average molecular weight is 224 g/mol. The first-order valence-corrected chi connectivity index (χ1v) is 6.00. The topological polar surface area (TPSA) is 12.0 Å². The van der Waals surface area contributed by atoms with E-state index < -0.39 is 0 Å². The minimum Gasteiger partial charge on any atom is -0.309 e. The zero-order valence-electron chi connectivity index (χ0n) is 9.39. The molecule has 2 heteroatoms. The highest BCUT2D eigenvalue weighted by Gasteiger charge is 2.42. The lowest BCUT2D eigenvalue weighted by Gasteiger charge is -2.20. The summed E-state index contributed by atoms with van der Waals surface area (Å²) in [6.07, 6.45) is 3.73. The average Bonchev–Trinajstić information content (AvgIpc) is 2.88. The fourth-order valence-corrected chi connectivity index (χ4v) is 2.25. The molecule has 0 atom stereocenters. The molecule has 1 fully saturated rings. The summed E-state index contributed by atoms with van der Waals surface area (Å²) in [4.78, 5) is 0. The minimum atomic E-state index is 0.377. The highest BCUT2D eigenvalue weighted by molar-refractivity contribution is 6.30. The Balaban J connectivity index is 1.99. The fourth-order valence-electron chi connectivity index (χ4n) is 2.13. The SMILES string of the molecule is CC(C)NC1(Cc2ccc(Cl)cc2)CC1. The van der Waals surface area contributed by atoms with E-state index in [-0.39, 0.29) is 0 Å². The summed E-state index contributed by atoms with van der Waals surface area (Å²) in [7, 11) is 0. The van der Waals surface area contributed by atoms with Gasteiger partial charge in [-0.2, -0.15) is 0 Å². The van der Waals surface area contributed by atoms with Crippen molar-refractivity contribution in [2.45, 2.75) is 44.7 Å². The Kier molecular flexibility index (Phi) is 3.03. The predicted octanol–water partition coefficient (Wildman–Crippen LogP) is 3.41. The lowest BCUT2D eigenvalue weighted by molar-refractivity contribution is 0.444. The third kappa shape index (κ3) is 2.96.